The molecule has 0 aromatic heterocycles. The molecule has 0 aliphatic carbocycles. The number of carboxylic acid groups (broad SMARTS) is 1. The Labute approximate surface area is 206 Å². The summed E-state index contributed by atoms with van der Waals surface area (Å²) in [4.78, 5) is 23.4. The van der Waals surface area contributed by atoms with Gasteiger partial charge in [-0.3, -0.25) is 4.79 Å². The lowest BCUT2D eigenvalue weighted by Crippen LogP contribution is -2.14. The van der Waals surface area contributed by atoms with Crippen LogP contribution >= 0.6 is 34.8 Å². The molecule has 0 heterocycles. The fourth-order valence-corrected chi connectivity index (χ4v) is 3.53. The molecule has 2 N–H and O–H groups in total. The van der Waals surface area contributed by atoms with Gasteiger partial charge in [-0.1, -0.05) is 46.9 Å². The van der Waals surface area contributed by atoms with E-state index < -0.39 is 5.97 Å². The molecule has 0 aliphatic rings. The van der Waals surface area contributed by atoms with Gasteiger partial charge < -0.3 is 19.9 Å². The third-order valence-electron chi connectivity index (χ3n) is 4.51. The molecule has 0 unspecified atom stereocenters. The zero-order valence-electron chi connectivity index (χ0n) is 17.3. The zero-order chi connectivity index (χ0) is 23.8. The van der Waals surface area contributed by atoms with Crippen molar-refractivity contribution >= 4 is 52.4 Å². The van der Waals surface area contributed by atoms with Gasteiger partial charge in [-0.05, 0) is 55.3 Å². The quantitative estimate of drug-likeness (QED) is 0.280. The number of rotatable bonds is 10. The van der Waals surface area contributed by atoms with Gasteiger partial charge in [0.1, 0.15) is 5.75 Å². The highest BCUT2D eigenvalue weighted by atomic mass is 35.5. The largest absolute Gasteiger partial charge is 0.490 e. The van der Waals surface area contributed by atoms with Crippen LogP contribution in [0.1, 0.15) is 29.6 Å². The first-order valence-electron chi connectivity index (χ1n) is 10.0. The van der Waals surface area contributed by atoms with Gasteiger partial charge in [0.15, 0.2) is 11.5 Å². The minimum absolute atomic E-state index is 0.0449. The van der Waals surface area contributed by atoms with E-state index in [-0.39, 0.29) is 23.6 Å². The minimum Gasteiger partial charge on any atom is -0.490 e. The zero-order valence-corrected chi connectivity index (χ0v) is 19.6. The van der Waals surface area contributed by atoms with Crippen molar-refractivity contribution in [2.45, 2.75) is 19.3 Å². The summed E-state index contributed by atoms with van der Waals surface area (Å²) in [5, 5.41) is 13.2. The van der Waals surface area contributed by atoms with Crippen molar-refractivity contribution < 1.29 is 24.2 Å². The van der Waals surface area contributed by atoms with Crippen LogP contribution in [-0.4, -0.2) is 23.6 Å². The van der Waals surface area contributed by atoms with Gasteiger partial charge in [-0.2, -0.15) is 0 Å². The van der Waals surface area contributed by atoms with Gasteiger partial charge in [-0.25, -0.2) is 4.79 Å². The Bertz CT molecular complexity index is 1150. The third kappa shape index (κ3) is 7.29. The molecule has 3 aromatic rings. The molecular weight excluding hydrogens is 489 g/mol. The van der Waals surface area contributed by atoms with Crippen LogP contribution in [0.5, 0.6) is 17.2 Å². The maximum absolute atomic E-state index is 12.2. The molecule has 0 saturated carbocycles. The number of para-hydroxylation sites is 1. The second kappa shape index (κ2) is 11.8. The number of amides is 1. The molecule has 9 heteroatoms. The molecule has 3 rings (SSSR count). The number of halogens is 3. The van der Waals surface area contributed by atoms with E-state index >= 15 is 0 Å². The van der Waals surface area contributed by atoms with Gasteiger partial charge >= 0.3 is 5.97 Å². The highest BCUT2D eigenvalue weighted by molar-refractivity contribution is 6.35. The summed E-state index contributed by atoms with van der Waals surface area (Å²) in [5.41, 5.74) is 0.316. The van der Waals surface area contributed by atoms with E-state index in [1.54, 1.807) is 54.6 Å². The molecule has 172 valence electrons. The summed E-state index contributed by atoms with van der Waals surface area (Å²) >= 11 is 18.2. The number of carbonyl (C=O) groups is 2. The van der Waals surface area contributed by atoms with Gasteiger partial charge in [0, 0.05) is 22.5 Å². The van der Waals surface area contributed by atoms with E-state index in [0.717, 1.165) is 0 Å². The van der Waals surface area contributed by atoms with E-state index in [0.29, 0.717) is 51.8 Å². The smallest absolute Gasteiger partial charge is 0.337 e. The van der Waals surface area contributed by atoms with Crippen LogP contribution in [0.15, 0.2) is 60.7 Å². The molecule has 0 saturated heterocycles. The summed E-state index contributed by atoms with van der Waals surface area (Å²) in [6.45, 7) is 0.323. The van der Waals surface area contributed by atoms with E-state index in [1.807, 2.05) is 0 Å². The number of nitrogens with one attached hydrogen (secondary N) is 1. The number of benzene rings is 3. The minimum atomic E-state index is -1.10. The number of ether oxygens (including phenoxy) is 2. The van der Waals surface area contributed by atoms with E-state index in [2.05, 4.69) is 5.32 Å². The molecule has 1 amide bonds. The number of unbranched alkanes of at least 4 members (excludes halogenated alkanes) is 1. The lowest BCUT2D eigenvalue weighted by Gasteiger charge is -2.14. The lowest BCUT2D eigenvalue weighted by atomic mass is 10.1. The number of hydrogen-bond donors (Lipinski definition) is 2. The van der Waals surface area contributed by atoms with Crippen molar-refractivity contribution in [1.82, 2.24) is 0 Å². The first-order chi connectivity index (χ1) is 15.8. The molecule has 0 radical (unpaired) electrons. The SMILES string of the molecule is O=C(CCCCOc1cc(Cl)ccc1Oc1ccc(Cl)cc1Cl)Nc1ccccc1C(=O)O. The Hall–Kier alpha value is -2.93. The van der Waals surface area contributed by atoms with Crippen molar-refractivity contribution in [3.8, 4) is 17.2 Å². The average Bonchev–Trinajstić information content (AvgIpc) is 2.77. The first kappa shape index (κ1) is 24.7. The van der Waals surface area contributed by atoms with Crippen LogP contribution in [0.3, 0.4) is 0 Å². The van der Waals surface area contributed by atoms with Crippen LogP contribution in [0.4, 0.5) is 5.69 Å². The molecule has 33 heavy (non-hydrogen) atoms. The molecule has 0 atom stereocenters. The molecule has 6 nitrogen and oxygen atoms in total. The molecule has 0 spiro atoms. The van der Waals surface area contributed by atoms with Crippen LogP contribution in [0.25, 0.3) is 0 Å². The summed E-state index contributed by atoms with van der Waals surface area (Å²) in [6.07, 6.45) is 1.35. The fraction of sp³-hybridized carbons (Fsp3) is 0.167. The third-order valence-corrected chi connectivity index (χ3v) is 5.27. The molecule has 0 aliphatic heterocycles. The summed E-state index contributed by atoms with van der Waals surface area (Å²) in [6, 6.07) is 16.1. The van der Waals surface area contributed by atoms with E-state index in [1.165, 1.54) is 6.07 Å². The van der Waals surface area contributed by atoms with Crippen molar-refractivity contribution in [2.24, 2.45) is 0 Å². The predicted molar refractivity (Wildman–Crippen MR) is 129 cm³/mol. The van der Waals surface area contributed by atoms with Crippen molar-refractivity contribution in [1.29, 1.82) is 0 Å². The second-order valence-electron chi connectivity index (χ2n) is 6.97. The highest BCUT2D eigenvalue weighted by Crippen LogP contribution is 2.37. The monoisotopic (exact) mass is 507 g/mol. The fourth-order valence-electron chi connectivity index (χ4n) is 2.92. The maximum Gasteiger partial charge on any atom is 0.337 e. The van der Waals surface area contributed by atoms with Crippen LogP contribution in [-0.2, 0) is 4.79 Å². The molecule has 0 bridgehead atoms. The van der Waals surface area contributed by atoms with Crippen molar-refractivity contribution in [3.63, 3.8) is 0 Å². The average molecular weight is 509 g/mol. The van der Waals surface area contributed by atoms with Gasteiger partial charge in [-0.15, -0.1) is 0 Å². The Morgan fingerprint density at radius 2 is 1.55 bits per heavy atom. The standard InChI is InChI=1S/C24H20Cl3NO5/c25-15-8-10-20(18(27)13-15)33-21-11-9-16(26)14-22(21)32-12-4-3-7-23(29)28-19-6-2-1-5-17(19)24(30)31/h1-2,5-6,8-11,13-14H,3-4,7,12H2,(H,28,29)(H,30,31). The van der Waals surface area contributed by atoms with Crippen molar-refractivity contribution in [2.75, 3.05) is 11.9 Å². The Morgan fingerprint density at radius 3 is 2.27 bits per heavy atom. The number of anilines is 1. The van der Waals surface area contributed by atoms with Gasteiger partial charge in [0.25, 0.3) is 0 Å². The van der Waals surface area contributed by atoms with Gasteiger partial charge in [0.2, 0.25) is 5.91 Å². The van der Waals surface area contributed by atoms with Crippen LogP contribution in [0.2, 0.25) is 15.1 Å². The van der Waals surface area contributed by atoms with E-state index in [4.69, 9.17) is 44.3 Å². The number of hydrogen-bond acceptors (Lipinski definition) is 4. The summed E-state index contributed by atoms with van der Waals surface area (Å²) in [7, 11) is 0. The molecule has 0 fully saturated rings. The summed E-state index contributed by atoms with van der Waals surface area (Å²) in [5.74, 6) is -0.0712. The van der Waals surface area contributed by atoms with E-state index in [9.17, 15) is 14.7 Å². The summed E-state index contributed by atoms with van der Waals surface area (Å²) < 4.78 is 11.7. The number of carboxylic acids is 1. The number of carbonyl (C=O) groups excluding carboxylic acids is 1. The number of aromatic carboxylic acids is 1. The highest BCUT2D eigenvalue weighted by Gasteiger charge is 2.13. The van der Waals surface area contributed by atoms with Crippen molar-refractivity contribution in [3.05, 3.63) is 81.3 Å². The van der Waals surface area contributed by atoms with Crippen LogP contribution in [0, 0.1) is 0 Å². The first-order valence-corrected chi connectivity index (χ1v) is 11.1. The molecule has 3 aromatic carbocycles. The predicted octanol–water partition coefficient (Wildman–Crippen LogP) is 7.33. The molecular formula is C24H20Cl3NO5. The normalized spacial score (nSPS) is 10.5. The lowest BCUT2D eigenvalue weighted by molar-refractivity contribution is -0.116. The van der Waals surface area contributed by atoms with Gasteiger partial charge in [0.05, 0.1) is 22.9 Å². The van der Waals surface area contributed by atoms with Crippen LogP contribution < -0.4 is 14.8 Å². The topological polar surface area (TPSA) is 84.9 Å². The Balaban J connectivity index is 1.51. The Kier molecular flexibility index (Phi) is 8.83. The Morgan fingerprint density at radius 1 is 0.848 bits per heavy atom. The second-order valence-corrected chi connectivity index (χ2v) is 8.25. The maximum atomic E-state index is 12.2.